The number of hydrogen-bond acceptors (Lipinski definition) is 2. The second kappa shape index (κ2) is 6.00. The third-order valence-corrected chi connectivity index (χ3v) is 4.81. The van der Waals surface area contributed by atoms with Gasteiger partial charge in [-0.2, -0.15) is 0 Å². The zero-order valence-electron chi connectivity index (χ0n) is 12.6. The van der Waals surface area contributed by atoms with Gasteiger partial charge < -0.3 is 10.4 Å². The zero-order chi connectivity index (χ0) is 14.8. The highest BCUT2D eigenvalue weighted by Crippen LogP contribution is 2.40. The second-order valence-electron chi connectivity index (χ2n) is 6.15. The molecule has 0 aromatic heterocycles. The van der Waals surface area contributed by atoms with E-state index in [-0.39, 0.29) is 30.0 Å². The van der Waals surface area contributed by atoms with E-state index in [2.05, 4.69) is 67.7 Å². The number of aliphatic hydroxyl groups is 1. The van der Waals surface area contributed by atoms with Gasteiger partial charge in [-0.05, 0) is 11.1 Å². The molecule has 0 saturated carbocycles. The Balaban J connectivity index is 1.93. The fraction of sp³-hybridized carbons (Fsp3) is 0.368. The van der Waals surface area contributed by atoms with E-state index in [0.717, 1.165) is 0 Å². The van der Waals surface area contributed by atoms with Crippen molar-refractivity contribution in [3.8, 4) is 0 Å². The lowest BCUT2D eigenvalue weighted by Gasteiger charge is -2.44. The summed E-state index contributed by atoms with van der Waals surface area (Å²) in [5.74, 6) is 0.393. The minimum Gasteiger partial charge on any atom is -0.392 e. The number of benzene rings is 2. The van der Waals surface area contributed by atoms with Gasteiger partial charge in [0.1, 0.15) is 0 Å². The Morgan fingerprint density at radius 3 is 1.48 bits per heavy atom. The Morgan fingerprint density at radius 2 is 1.10 bits per heavy atom. The maximum Gasteiger partial charge on any atom is 0.0627 e. The molecule has 4 unspecified atom stereocenters. The molecule has 1 aliphatic heterocycles. The van der Waals surface area contributed by atoms with E-state index >= 15 is 0 Å². The standard InChI is InChI=1S/C19H23NO/c1-13-17(15-9-5-3-6-10-15)20-18(14(2)19(13)21)16-11-7-4-8-12-16/h3-14,17-21H,1-2H3. The third kappa shape index (κ3) is 2.74. The van der Waals surface area contributed by atoms with Crippen LogP contribution in [0, 0.1) is 11.8 Å². The van der Waals surface area contributed by atoms with E-state index in [9.17, 15) is 5.11 Å². The summed E-state index contributed by atoms with van der Waals surface area (Å²) in [5, 5.41) is 14.4. The van der Waals surface area contributed by atoms with E-state index in [1.807, 2.05) is 12.1 Å². The predicted molar refractivity (Wildman–Crippen MR) is 85.8 cm³/mol. The second-order valence-corrected chi connectivity index (χ2v) is 6.15. The highest BCUT2D eigenvalue weighted by atomic mass is 16.3. The summed E-state index contributed by atoms with van der Waals surface area (Å²) in [6.45, 7) is 4.26. The van der Waals surface area contributed by atoms with Crippen LogP contribution in [0.1, 0.15) is 37.1 Å². The predicted octanol–water partition coefficient (Wildman–Crippen LogP) is 3.71. The fourth-order valence-electron chi connectivity index (χ4n) is 3.49. The molecule has 4 atom stereocenters. The minimum atomic E-state index is -0.304. The average molecular weight is 281 g/mol. The lowest BCUT2D eigenvalue weighted by molar-refractivity contribution is -0.00676. The molecule has 1 aliphatic rings. The summed E-state index contributed by atoms with van der Waals surface area (Å²) in [6.07, 6.45) is -0.304. The van der Waals surface area contributed by atoms with Crippen LogP contribution in [0.5, 0.6) is 0 Å². The highest BCUT2D eigenvalue weighted by molar-refractivity contribution is 5.26. The zero-order valence-corrected chi connectivity index (χ0v) is 12.6. The van der Waals surface area contributed by atoms with Crippen LogP contribution in [0.3, 0.4) is 0 Å². The number of rotatable bonds is 2. The van der Waals surface area contributed by atoms with E-state index in [0.29, 0.717) is 0 Å². The van der Waals surface area contributed by atoms with Crippen LogP contribution in [0.25, 0.3) is 0 Å². The fourth-order valence-corrected chi connectivity index (χ4v) is 3.49. The quantitative estimate of drug-likeness (QED) is 0.879. The third-order valence-electron chi connectivity index (χ3n) is 4.81. The van der Waals surface area contributed by atoms with Gasteiger partial charge in [-0.25, -0.2) is 0 Å². The Kier molecular flexibility index (Phi) is 4.09. The van der Waals surface area contributed by atoms with Gasteiger partial charge in [-0.1, -0.05) is 74.5 Å². The number of piperidine rings is 1. The van der Waals surface area contributed by atoms with Gasteiger partial charge in [0, 0.05) is 23.9 Å². The lowest BCUT2D eigenvalue weighted by Crippen LogP contribution is -2.48. The first-order valence-corrected chi connectivity index (χ1v) is 7.72. The minimum absolute atomic E-state index is 0.183. The molecule has 2 aromatic carbocycles. The first-order valence-electron chi connectivity index (χ1n) is 7.72. The molecule has 2 nitrogen and oxygen atoms in total. The topological polar surface area (TPSA) is 32.3 Å². The van der Waals surface area contributed by atoms with Crippen molar-refractivity contribution in [1.29, 1.82) is 0 Å². The first-order chi connectivity index (χ1) is 10.2. The molecule has 0 amide bonds. The molecule has 0 bridgehead atoms. The number of nitrogens with one attached hydrogen (secondary N) is 1. The van der Waals surface area contributed by atoms with Gasteiger partial charge in [-0.3, -0.25) is 0 Å². The van der Waals surface area contributed by atoms with E-state index in [1.165, 1.54) is 11.1 Å². The summed E-state index contributed by atoms with van der Waals surface area (Å²) in [5.41, 5.74) is 2.49. The van der Waals surface area contributed by atoms with Crippen molar-refractivity contribution in [2.75, 3.05) is 0 Å². The van der Waals surface area contributed by atoms with Gasteiger partial charge in [0.2, 0.25) is 0 Å². The molecule has 0 aliphatic carbocycles. The average Bonchev–Trinajstić information content (AvgIpc) is 2.55. The van der Waals surface area contributed by atoms with Crippen molar-refractivity contribution >= 4 is 0 Å². The molecule has 2 aromatic rings. The Labute approximate surface area is 126 Å². The summed E-state index contributed by atoms with van der Waals surface area (Å²) >= 11 is 0. The largest absolute Gasteiger partial charge is 0.392 e. The van der Waals surface area contributed by atoms with Gasteiger partial charge in [-0.15, -0.1) is 0 Å². The molecule has 1 heterocycles. The van der Waals surface area contributed by atoms with Gasteiger partial charge in [0.05, 0.1) is 6.10 Å². The highest BCUT2D eigenvalue weighted by Gasteiger charge is 2.40. The molecule has 2 heteroatoms. The lowest BCUT2D eigenvalue weighted by atomic mass is 9.75. The monoisotopic (exact) mass is 281 g/mol. The van der Waals surface area contributed by atoms with Crippen molar-refractivity contribution in [3.05, 3.63) is 71.8 Å². The molecule has 1 fully saturated rings. The molecule has 21 heavy (non-hydrogen) atoms. The first kappa shape index (κ1) is 14.3. The molecular weight excluding hydrogens is 258 g/mol. The molecule has 1 saturated heterocycles. The number of aliphatic hydroxyl groups excluding tert-OH is 1. The van der Waals surface area contributed by atoms with Crippen LogP contribution in [-0.4, -0.2) is 11.2 Å². The smallest absolute Gasteiger partial charge is 0.0627 e. The van der Waals surface area contributed by atoms with Crippen LogP contribution in [-0.2, 0) is 0 Å². The van der Waals surface area contributed by atoms with E-state index in [1.54, 1.807) is 0 Å². The van der Waals surface area contributed by atoms with Gasteiger partial charge in [0.15, 0.2) is 0 Å². The van der Waals surface area contributed by atoms with Crippen LogP contribution >= 0.6 is 0 Å². The van der Waals surface area contributed by atoms with Crippen LogP contribution in [0.4, 0.5) is 0 Å². The maximum atomic E-state index is 10.7. The van der Waals surface area contributed by atoms with Crippen LogP contribution in [0.2, 0.25) is 0 Å². The van der Waals surface area contributed by atoms with E-state index < -0.39 is 0 Å². The van der Waals surface area contributed by atoms with Crippen LogP contribution in [0.15, 0.2) is 60.7 Å². The molecule has 2 N–H and O–H groups in total. The van der Waals surface area contributed by atoms with Crippen molar-refractivity contribution in [2.24, 2.45) is 11.8 Å². The Bertz CT molecular complexity index is 517. The summed E-state index contributed by atoms with van der Waals surface area (Å²) in [6, 6.07) is 21.2. The van der Waals surface area contributed by atoms with Crippen molar-refractivity contribution in [2.45, 2.75) is 32.0 Å². The van der Waals surface area contributed by atoms with Crippen molar-refractivity contribution < 1.29 is 5.11 Å². The van der Waals surface area contributed by atoms with Crippen LogP contribution < -0.4 is 5.32 Å². The normalized spacial score (nSPS) is 32.8. The summed E-state index contributed by atoms with van der Waals surface area (Å²) < 4.78 is 0. The SMILES string of the molecule is CC1C(c2ccccc2)NC(c2ccccc2)C(C)C1O. The van der Waals surface area contributed by atoms with Gasteiger partial charge >= 0.3 is 0 Å². The Morgan fingerprint density at radius 1 is 0.714 bits per heavy atom. The molecule has 0 spiro atoms. The number of hydrogen-bond donors (Lipinski definition) is 2. The molecule has 3 rings (SSSR count). The maximum absolute atomic E-state index is 10.7. The van der Waals surface area contributed by atoms with Crippen molar-refractivity contribution in [3.63, 3.8) is 0 Å². The summed E-state index contributed by atoms with van der Waals surface area (Å²) in [4.78, 5) is 0. The van der Waals surface area contributed by atoms with Gasteiger partial charge in [0.25, 0.3) is 0 Å². The molecule has 110 valence electrons. The van der Waals surface area contributed by atoms with Crippen molar-refractivity contribution in [1.82, 2.24) is 5.32 Å². The molecular formula is C19H23NO. The molecule has 0 radical (unpaired) electrons. The van der Waals surface area contributed by atoms with E-state index in [4.69, 9.17) is 0 Å². The Hall–Kier alpha value is -1.64. The summed E-state index contributed by atoms with van der Waals surface area (Å²) in [7, 11) is 0.